The van der Waals surface area contributed by atoms with E-state index in [1.165, 1.54) is 0 Å². The van der Waals surface area contributed by atoms with Gasteiger partial charge in [0.05, 0.1) is 11.4 Å². The number of rotatable bonds is 4. The van der Waals surface area contributed by atoms with Crippen LogP contribution in [0.25, 0.3) is 5.69 Å². The van der Waals surface area contributed by atoms with Gasteiger partial charge in [-0.2, -0.15) is 0 Å². The van der Waals surface area contributed by atoms with Crippen LogP contribution in [0.15, 0.2) is 48.1 Å². The highest BCUT2D eigenvalue weighted by Crippen LogP contribution is 2.23. The molecule has 1 aromatic carbocycles. The molecule has 0 radical (unpaired) electrons. The van der Waals surface area contributed by atoms with Gasteiger partial charge in [-0.3, -0.25) is 4.57 Å². The molecule has 0 amide bonds. The number of aryl methyl sites for hydroxylation is 1. The van der Waals surface area contributed by atoms with Crippen molar-refractivity contribution in [3.05, 3.63) is 53.8 Å². The minimum absolute atomic E-state index is 0.691. The third-order valence-electron chi connectivity index (χ3n) is 2.85. The van der Waals surface area contributed by atoms with Crippen LogP contribution < -0.4 is 0 Å². The molecule has 0 fully saturated rings. The number of nitrogens with zero attached hydrogens (tertiary/aromatic N) is 5. The Balaban J connectivity index is 1.82. The molecule has 0 spiro atoms. The van der Waals surface area contributed by atoms with Gasteiger partial charge < -0.3 is 4.57 Å². The predicted octanol–water partition coefficient (Wildman–Crippen LogP) is 2.95. The summed E-state index contributed by atoms with van der Waals surface area (Å²) >= 11 is 7.61. The SMILES string of the molecule is Cn1ccnc1CSc1nncn1-c1cccc(Cl)c1. The maximum atomic E-state index is 6.02. The van der Waals surface area contributed by atoms with Crippen LogP contribution in [-0.4, -0.2) is 24.3 Å². The van der Waals surface area contributed by atoms with Crippen LogP contribution in [0.3, 0.4) is 0 Å². The van der Waals surface area contributed by atoms with Gasteiger partial charge in [0.1, 0.15) is 12.2 Å². The van der Waals surface area contributed by atoms with E-state index in [2.05, 4.69) is 15.2 Å². The minimum Gasteiger partial charge on any atom is -0.337 e. The highest BCUT2D eigenvalue weighted by atomic mass is 35.5. The summed E-state index contributed by atoms with van der Waals surface area (Å²) in [5, 5.41) is 9.63. The molecule has 102 valence electrons. The molecule has 20 heavy (non-hydrogen) atoms. The third kappa shape index (κ3) is 2.71. The second-order valence-corrected chi connectivity index (χ2v) is 5.59. The third-order valence-corrected chi connectivity index (χ3v) is 4.03. The molecule has 0 atom stereocenters. The van der Waals surface area contributed by atoms with Gasteiger partial charge in [-0.05, 0) is 18.2 Å². The summed E-state index contributed by atoms with van der Waals surface area (Å²) in [4.78, 5) is 4.30. The lowest BCUT2D eigenvalue weighted by Crippen LogP contribution is -1.98. The van der Waals surface area contributed by atoms with Gasteiger partial charge >= 0.3 is 0 Å². The van der Waals surface area contributed by atoms with Gasteiger partial charge in [-0.1, -0.05) is 29.4 Å². The number of imidazole rings is 1. The van der Waals surface area contributed by atoms with Crippen molar-refractivity contribution in [3.63, 3.8) is 0 Å². The van der Waals surface area contributed by atoms with Crippen molar-refractivity contribution in [2.75, 3.05) is 0 Å². The summed E-state index contributed by atoms with van der Waals surface area (Å²) in [7, 11) is 1.98. The molecule has 0 saturated heterocycles. The smallest absolute Gasteiger partial charge is 0.196 e. The monoisotopic (exact) mass is 305 g/mol. The topological polar surface area (TPSA) is 48.5 Å². The van der Waals surface area contributed by atoms with Crippen molar-refractivity contribution < 1.29 is 0 Å². The molecule has 0 aliphatic rings. The standard InChI is InChI=1S/C13H12ClN5S/c1-18-6-5-15-12(18)8-20-13-17-16-9-19(13)11-4-2-3-10(14)7-11/h2-7,9H,8H2,1H3. The fourth-order valence-corrected chi connectivity index (χ4v) is 2.91. The van der Waals surface area contributed by atoms with Gasteiger partial charge in [-0.25, -0.2) is 4.98 Å². The maximum absolute atomic E-state index is 6.02. The normalized spacial score (nSPS) is 10.9. The molecule has 3 rings (SSSR count). The average Bonchev–Trinajstić information content (AvgIpc) is 3.05. The summed E-state index contributed by atoms with van der Waals surface area (Å²) in [5.74, 6) is 1.73. The number of hydrogen-bond acceptors (Lipinski definition) is 4. The average molecular weight is 306 g/mol. The lowest BCUT2D eigenvalue weighted by atomic mass is 10.3. The highest BCUT2D eigenvalue weighted by Gasteiger charge is 2.09. The fraction of sp³-hybridized carbons (Fsp3) is 0.154. The van der Waals surface area contributed by atoms with Crippen LogP contribution >= 0.6 is 23.4 Å². The summed E-state index contributed by atoms with van der Waals surface area (Å²) in [6, 6.07) is 7.61. The Morgan fingerprint density at radius 2 is 2.25 bits per heavy atom. The molecule has 2 heterocycles. The van der Waals surface area contributed by atoms with Crippen LogP contribution in [0.2, 0.25) is 5.02 Å². The first-order chi connectivity index (χ1) is 9.74. The van der Waals surface area contributed by atoms with Crippen LogP contribution in [-0.2, 0) is 12.8 Å². The molecule has 0 saturated carbocycles. The Morgan fingerprint density at radius 1 is 1.35 bits per heavy atom. The zero-order chi connectivity index (χ0) is 13.9. The molecule has 0 unspecified atom stereocenters. The van der Waals surface area contributed by atoms with E-state index in [-0.39, 0.29) is 0 Å². The molecule has 5 nitrogen and oxygen atoms in total. The lowest BCUT2D eigenvalue weighted by molar-refractivity contribution is 0.841. The van der Waals surface area contributed by atoms with E-state index in [4.69, 9.17) is 11.6 Å². The van der Waals surface area contributed by atoms with E-state index in [0.29, 0.717) is 5.02 Å². The molecule has 2 aromatic heterocycles. The number of aromatic nitrogens is 5. The number of thioether (sulfide) groups is 1. The van der Waals surface area contributed by atoms with Gasteiger partial charge in [0.2, 0.25) is 0 Å². The zero-order valence-electron chi connectivity index (χ0n) is 10.8. The van der Waals surface area contributed by atoms with E-state index < -0.39 is 0 Å². The van der Waals surface area contributed by atoms with Crippen molar-refractivity contribution in [2.45, 2.75) is 10.9 Å². The summed E-state index contributed by atoms with van der Waals surface area (Å²) in [6.07, 6.45) is 5.40. The first-order valence-electron chi connectivity index (χ1n) is 5.99. The van der Waals surface area contributed by atoms with Crippen LogP contribution in [0.5, 0.6) is 0 Å². The Hall–Kier alpha value is -1.79. The van der Waals surface area contributed by atoms with Crippen molar-refractivity contribution in [2.24, 2.45) is 7.05 Å². The van der Waals surface area contributed by atoms with E-state index in [0.717, 1.165) is 22.4 Å². The largest absolute Gasteiger partial charge is 0.337 e. The Kier molecular flexibility index (Phi) is 3.75. The summed E-state index contributed by atoms with van der Waals surface area (Å²) < 4.78 is 3.91. The number of hydrogen-bond donors (Lipinski definition) is 0. The number of benzene rings is 1. The second kappa shape index (κ2) is 5.68. The molecule has 0 aliphatic carbocycles. The second-order valence-electron chi connectivity index (χ2n) is 4.21. The van der Waals surface area contributed by atoms with E-state index in [1.807, 2.05) is 46.6 Å². The van der Waals surface area contributed by atoms with Crippen molar-refractivity contribution in [1.29, 1.82) is 0 Å². The molecule has 7 heteroatoms. The first-order valence-corrected chi connectivity index (χ1v) is 7.35. The Bertz CT molecular complexity index is 721. The van der Waals surface area contributed by atoms with Crippen LogP contribution in [0.1, 0.15) is 5.82 Å². The zero-order valence-corrected chi connectivity index (χ0v) is 12.3. The summed E-state index contributed by atoms with van der Waals surface area (Å²) in [6.45, 7) is 0. The van der Waals surface area contributed by atoms with Gasteiger partial charge in [0.25, 0.3) is 0 Å². The van der Waals surface area contributed by atoms with Crippen molar-refractivity contribution in [1.82, 2.24) is 24.3 Å². The minimum atomic E-state index is 0.691. The Labute approximate surface area is 125 Å². The van der Waals surface area contributed by atoms with Gasteiger partial charge in [0, 0.05) is 24.5 Å². The summed E-state index contributed by atoms with van der Waals surface area (Å²) in [5.41, 5.74) is 0.949. The molecule has 0 bridgehead atoms. The molecule has 0 N–H and O–H groups in total. The van der Waals surface area contributed by atoms with E-state index in [9.17, 15) is 0 Å². The highest BCUT2D eigenvalue weighted by molar-refractivity contribution is 7.98. The lowest BCUT2D eigenvalue weighted by Gasteiger charge is -2.06. The van der Waals surface area contributed by atoms with Crippen molar-refractivity contribution in [3.8, 4) is 5.69 Å². The van der Waals surface area contributed by atoms with Crippen LogP contribution in [0, 0.1) is 0 Å². The Morgan fingerprint density at radius 3 is 3.00 bits per heavy atom. The maximum Gasteiger partial charge on any atom is 0.196 e. The van der Waals surface area contributed by atoms with Crippen LogP contribution in [0.4, 0.5) is 0 Å². The number of halogens is 1. The first kappa shape index (κ1) is 13.2. The quantitative estimate of drug-likeness (QED) is 0.695. The molecular formula is C13H12ClN5S. The molecular weight excluding hydrogens is 294 g/mol. The van der Waals surface area contributed by atoms with Crippen molar-refractivity contribution >= 4 is 23.4 Å². The van der Waals surface area contributed by atoms with Gasteiger partial charge in [-0.15, -0.1) is 10.2 Å². The molecule has 3 aromatic rings. The van der Waals surface area contributed by atoms with E-state index in [1.54, 1.807) is 24.3 Å². The predicted molar refractivity (Wildman–Crippen MR) is 79.1 cm³/mol. The van der Waals surface area contributed by atoms with Gasteiger partial charge in [0.15, 0.2) is 5.16 Å². The fourth-order valence-electron chi connectivity index (χ4n) is 1.79. The molecule has 0 aliphatic heterocycles. The van der Waals surface area contributed by atoms with E-state index >= 15 is 0 Å².